The van der Waals surface area contributed by atoms with Gasteiger partial charge >= 0.3 is 5.97 Å². The summed E-state index contributed by atoms with van der Waals surface area (Å²) in [6.07, 6.45) is 4.88. The van der Waals surface area contributed by atoms with Gasteiger partial charge in [-0.3, -0.25) is 0 Å². The Kier molecular flexibility index (Phi) is 4.41. The number of hydrogen-bond donors (Lipinski definition) is 1. The zero-order valence-electron chi connectivity index (χ0n) is 11.5. The first-order valence-electron chi connectivity index (χ1n) is 6.80. The van der Waals surface area contributed by atoms with Crippen LogP contribution in [0.4, 0.5) is 5.69 Å². The van der Waals surface area contributed by atoms with Crippen molar-refractivity contribution in [2.75, 3.05) is 18.0 Å². The number of nitrogens with zero attached hydrogens (tertiary/aromatic N) is 2. The Balaban J connectivity index is 2.22. The van der Waals surface area contributed by atoms with Crippen LogP contribution in [0.5, 0.6) is 0 Å². The Bertz CT molecular complexity index is 564. The molecule has 1 heterocycles. The van der Waals surface area contributed by atoms with Crippen LogP contribution in [-0.4, -0.2) is 24.2 Å². The quantitative estimate of drug-likeness (QED) is 0.858. The summed E-state index contributed by atoms with van der Waals surface area (Å²) in [6, 6.07) is 7.72. The molecule has 0 aliphatic carbocycles. The summed E-state index contributed by atoms with van der Waals surface area (Å²) < 4.78 is 0. The van der Waals surface area contributed by atoms with Gasteiger partial charge in [-0.25, -0.2) is 4.79 Å². The Hall–Kier alpha value is -2.28. The van der Waals surface area contributed by atoms with Crippen LogP contribution in [0.25, 0.3) is 6.08 Å². The minimum Gasteiger partial charge on any atom is -0.478 e. The standard InChI is InChI=1S/C16H18N2O2/c1-12-6-8-18(9-7-12)15-4-2-13(3-5-16(19)20)10-14(15)11-17/h2-5,10,12H,6-9H2,1H3,(H,19,20)/b5-3+. The molecule has 1 aliphatic heterocycles. The summed E-state index contributed by atoms with van der Waals surface area (Å²) in [7, 11) is 0. The van der Waals surface area contributed by atoms with Gasteiger partial charge in [0.2, 0.25) is 0 Å². The Morgan fingerprint density at radius 1 is 1.45 bits per heavy atom. The normalized spacial score (nSPS) is 16.3. The molecule has 4 heteroatoms. The first kappa shape index (κ1) is 14.1. The second-order valence-electron chi connectivity index (χ2n) is 5.23. The molecule has 0 spiro atoms. The zero-order valence-corrected chi connectivity index (χ0v) is 11.5. The number of anilines is 1. The van der Waals surface area contributed by atoms with Gasteiger partial charge in [0.25, 0.3) is 0 Å². The Morgan fingerprint density at radius 3 is 2.75 bits per heavy atom. The summed E-state index contributed by atoms with van der Waals surface area (Å²) in [5, 5.41) is 17.9. The van der Waals surface area contributed by atoms with Crippen molar-refractivity contribution < 1.29 is 9.90 Å². The first-order chi connectivity index (χ1) is 9.60. The van der Waals surface area contributed by atoms with E-state index in [0.717, 1.165) is 49.2 Å². The molecular formula is C16H18N2O2. The first-order valence-corrected chi connectivity index (χ1v) is 6.80. The zero-order chi connectivity index (χ0) is 14.5. The molecule has 0 amide bonds. The fourth-order valence-corrected chi connectivity index (χ4v) is 2.44. The van der Waals surface area contributed by atoms with Gasteiger partial charge in [0.1, 0.15) is 6.07 Å². The number of benzene rings is 1. The molecule has 1 aliphatic rings. The topological polar surface area (TPSA) is 64.3 Å². The number of piperidine rings is 1. The van der Waals surface area contributed by atoms with E-state index in [1.165, 1.54) is 6.08 Å². The van der Waals surface area contributed by atoms with E-state index < -0.39 is 5.97 Å². The van der Waals surface area contributed by atoms with Crippen molar-refractivity contribution in [3.05, 3.63) is 35.4 Å². The van der Waals surface area contributed by atoms with Crippen molar-refractivity contribution in [3.63, 3.8) is 0 Å². The second kappa shape index (κ2) is 6.25. The van der Waals surface area contributed by atoms with Gasteiger partial charge in [-0.2, -0.15) is 5.26 Å². The summed E-state index contributed by atoms with van der Waals surface area (Å²) in [5.74, 6) is -0.243. The summed E-state index contributed by atoms with van der Waals surface area (Å²) in [6.45, 7) is 4.20. The number of carboxylic acid groups (broad SMARTS) is 1. The highest BCUT2D eigenvalue weighted by molar-refractivity contribution is 5.85. The van der Waals surface area contributed by atoms with E-state index >= 15 is 0 Å². The summed E-state index contributed by atoms with van der Waals surface area (Å²) >= 11 is 0. The molecule has 104 valence electrons. The fraction of sp³-hybridized carbons (Fsp3) is 0.375. The van der Waals surface area contributed by atoms with Crippen LogP contribution in [0.3, 0.4) is 0 Å². The highest BCUT2D eigenvalue weighted by Gasteiger charge is 2.18. The van der Waals surface area contributed by atoms with Gasteiger partial charge < -0.3 is 10.0 Å². The van der Waals surface area contributed by atoms with E-state index in [2.05, 4.69) is 17.9 Å². The van der Waals surface area contributed by atoms with Crippen molar-refractivity contribution in [3.8, 4) is 6.07 Å². The monoisotopic (exact) mass is 270 g/mol. The lowest BCUT2D eigenvalue weighted by atomic mass is 9.97. The number of aliphatic carboxylic acids is 1. The molecule has 4 nitrogen and oxygen atoms in total. The van der Waals surface area contributed by atoms with Gasteiger partial charge in [-0.15, -0.1) is 0 Å². The van der Waals surface area contributed by atoms with E-state index in [-0.39, 0.29) is 0 Å². The van der Waals surface area contributed by atoms with Gasteiger partial charge in [0.15, 0.2) is 0 Å². The molecule has 2 rings (SSSR count). The van der Waals surface area contributed by atoms with Crippen LogP contribution >= 0.6 is 0 Å². The average Bonchev–Trinajstić information content (AvgIpc) is 2.45. The maximum absolute atomic E-state index is 10.5. The predicted molar refractivity (Wildman–Crippen MR) is 78.4 cm³/mol. The minimum atomic E-state index is -0.988. The number of nitriles is 1. The van der Waals surface area contributed by atoms with E-state index in [4.69, 9.17) is 5.11 Å². The highest BCUT2D eigenvalue weighted by Crippen LogP contribution is 2.27. The molecular weight excluding hydrogens is 252 g/mol. The highest BCUT2D eigenvalue weighted by atomic mass is 16.4. The van der Waals surface area contributed by atoms with Crippen LogP contribution in [0.15, 0.2) is 24.3 Å². The van der Waals surface area contributed by atoms with E-state index in [1.807, 2.05) is 12.1 Å². The van der Waals surface area contributed by atoms with Crippen LogP contribution in [-0.2, 0) is 4.79 Å². The lowest BCUT2D eigenvalue weighted by Gasteiger charge is -2.32. The predicted octanol–water partition coefficient (Wildman–Crippen LogP) is 2.89. The molecule has 0 saturated carbocycles. The van der Waals surface area contributed by atoms with Crippen molar-refractivity contribution >= 4 is 17.7 Å². The third-order valence-electron chi connectivity index (χ3n) is 3.68. The van der Waals surface area contributed by atoms with Gasteiger partial charge in [0.05, 0.1) is 11.3 Å². The molecule has 1 fully saturated rings. The molecule has 0 radical (unpaired) electrons. The smallest absolute Gasteiger partial charge is 0.328 e. The lowest BCUT2D eigenvalue weighted by molar-refractivity contribution is -0.131. The molecule has 0 bridgehead atoms. The number of rotatable bonds is 3. The molecule has 0 unspecified atom stereocenters. The average molecular weight is 270 g/mol. The molecule has 1 saturated heterocycles. The van der Waals surface area contributed by atoms with Crippen molar-refractivity contribution in [2.45, 2.75) is 19.8 Å². The maximum Gasteiger partial charge on any atom is 0.328 e. The lowest BCUT2D eigenvalue weighted by Crippen LogP contribution is -2.33. The fourth-order valence-electron chi connectivity index (χ4n) is 2.44. The van der Waals surface area contributed by atoms with E-state index in [0.29, 0.717) is 5.56 Å². The number of carbonyl (C=O) groups is 1. The van der Waals surface area contributed by atoms with Crippen LogP contribution in [0.2, 0.25) is 0 Å². The molecule has 0 aromatic heterocycles. The SMILES string of the molecule is CC1CCN(c2ccc(/C=C/C(=O)O)cc2C#N)CC1. The molecule has 1 N–H and O–H groups in total. The van der Waals surface area contributed by atoms with Crippen LogP contribution in [0.1, 0.15) is 30.9 Å². The number of hydrogen-bond acceptors (Lipinski definition) is 3. The third-order valence-corrected chi connectivity index (χ3v) is 3.68. The second-order valence-corrected chi connectivity index (χ2v) is 5.23. The van der Waals surface area contributed by atoms with Crippen molar-refractivity contribution in [1.82, 2.24) is 0 Å². The molecule has 1 aromatic rings. The molecule has 1 aromatic carbocycles. The third kappa shape index (κ3) is 3.39. The number of carboxylic acids is 1. The van der Waals surface area contributed by atoms with Crippen LogP contribution in [0, 0.1) is 17.2 Å². The summed E-state index contributed by atoms with van der Waals surface area (Å²) in [4.78, 5) is 12.8. The minimum absolute atomic E-state index is 0.604. The van der Waals surface area contributed by atoms with Gasteiger partial charge in [0, 0.05) is 19.2 Å². The van der Waals surface area contributed by atoms with Gasteiger partial charge in [-0.1, -0.05) is 13.0 Å². The summed E-state index contributed by atoms with van der Waals surface area (Å²) in [5.41, 5.74) is 2.29. The largest absolute Gasteiger partial charge is 0.478 e. The van der Waals surface area contributed by atoms with Gasteiger partial charge in [-0.05, 0) is 42.5 Å². The van der Waals surface area contributed by atoms with Crippen LogP contribution < -0.4 is 4.90 Å². The molecule has 20 heavy (non-hydrogen) atoms. The van der Waals surface area contributed by atoms with E-state index in [9.17, 15) is 10.1 Å². The van der Waals surface area contributed by atoms with E-state index in [1.54, 1.807) is 6.07 Å². The maximum atomic E-state index is 10.5. The Labute approximate surface area is 118 Å². The Morgan fingerprint density at radius 2 is 2.15 bits per heavy atom. The molecule has 0 atom stereocenters. The van der Waals surface area contributed by atoms with Crippen molar-refractivity contribution in [2.24, 2.45) is 5.92 Å². The van der Waals surface area contributed by atoms with Crippen molar-refractivity contribution in [1.29, 1.82) is 5.26 Å².